The van der Waals surface area contributed by atoms with Crippen LogP contribution in [-0.4, -0.2) is 49.1 Å². The SMILES string of the molecule is CCOc1ccccc1N1CC(C(=O)N(Cc2cccs2)CC2CCCO2)CC1=O. The number of para-hydroxylation sites is 2. The second-order valence-corrected chi connectivity index (χ2v) is 8.77. The van der Waals surface area contributed by atoms with E-state index in [0.29, 0.717) is 32.0 Å². The maximum Gasteiger partial charge on any atom is 0.228 e. The zero-order valence-electron chi connectivity index (χ0n) is 17.3. The highest BCUT2D eigenvalue weighted by atomic mass is 32.1. The first kappa shape index (κ1) is 20.9. The summed E-state index contributed by atoms with van der Waals surface area (Å²) in [7, 11) is 0. The monoisotopic (exact) mass is 428 g/mol. The predicted molar refractivity (Wildman–Crippen MR) is 117 cm³/mol. The molecule has 2 aliphatic heterocycles. The molecule has 2 unspecified atom stereocenters. The summed E-state index contributed by atoms with van der Waals surface area (Å²) >= 11 is 1.65. The third kappa shape index (κ3) is 4.68. The van der Waals surface area contributed by atoms with Gasteiger partial charge in [0.15, 0.2) is 0 Å². The lowest BCUT2D eigenvalue weighted by molar-refractivity contribution is -0.138. The van der Waals surface area contributed by atoms with Crippen molar-refractivity contribution in [2.24, 2.45) is 5.92 Å². The van der Waals surface area contributed by atoms with Crippen LogP contribution in [0.3, 0.4) is 0 Å². The smallest absolute Gasteiger partial charge is 0.228 e. The van der Waals surface area contributed by atoms with Crippen LogP contribution >= 0.6 is 11.3 Å². The molecule has 2 fully saturated rings. The lowest BCUT2D eigenvalue weighted by Crippen LogP contribution is -2.41. The molecule has 0 saturated carbocycles. The molecule has 0 bridgehead atoms. The fraction of sp³-hybridized carbons (Fsp3) is 0.478. The zero-order chi connectivity index (χ0) is 20.9. The van der Waals surface area contributed by atoms with Gasteiger partial charge in [0.1, 0.15) is 5.75 Å². The van der Waals surface area contributed by atoms with Crippen molar-refractivity contribution in [2.45, 2.75) is 38.8 Å². The molecule has 2 aromatic rings. The quantitative estimate of drug-likeness (QED) is 0.643. The van der Waals surface area contributed by atoms with Crippen LogP contribution in [0.25, 0.3) is 0 Å². The van der Waals surface area contributed by atoms with Crippen molar-refractivity contribution in [2.75, 3.05) is 31.2 Å². The molecular formula is C23H28N2O4S. The molecule has 0 spiro atoms. The normalized spacial score (nSPS) is 21.2. The molecule has 7 heteroatoms. The Hall–Kier alpha value is -2.38. The maximum absolute atomic E-state index is 13.5. The number of nitrogens with zero attached hydrogens (tertiary/aromatic N) is 2. The molecular weight excluding hydrogens is 400 g/mol. The Morgan fingerprint density at radius 1 is 1.30 bits per heavy atom. The van der Waals surface area contributed by atoms with Gasteiger partial charge in [-0.15, -0.1) is 11.3 Å². The molecule has 3 heterocycles. The van der Waals surface area contributed by atoms with E-state index in [1.165, 1.54) is 0 Å². The summed E-state index contributed by atoms with van der Waals surface area (Å²) in [4.78, 5) is 31.0. The molecule has 6 nitrogen and oxygen atoms in total. The van der Waals surface area contributed by atoms with E-state index in [1.54, 1.807) is 16.2 Å². The van der Waals surface area contributed by atoms with Gasteiger partial charge in [-0.2, -0.15) is 0 Å². The third-order valence-corrected chi connectivity index (χ3v) is 6.48. The van der Waals surface area contributed by atoms with Crippen molar-refractivity contribution in [3.63, 3.8) is 0 Å². The number of hydrogen-bond donors (Lipinski definition) is 0. The van der Waals surface area contributed by atoms with Gasteiger partial charge >= 0.3 is 0 Å². The molecule has 4 rings (SSSR count). The van der Waals surface area contributed by atoms with Crippen molar-refractivity contribution in [1.82, 2.24) is 4.90 Å². The minimum atomic E-state index is -0.353. The van der Waals surface area contributed by atoms with E-state index < -0.39 is 0 Å². The summed E-state index contributed by atoms with van der Waals surface area (Å²) in [5.41, 5.74) is 0.739. The number of amides is 2. The highest BCUT2D eigenvalue weighted by Gasteiger charge is 2.39. The number of carbonyl (C=O) groups is 2. The number of ether oxygens (including phenoxy) is 2. The van der Waals surface area contributed by atoms with Crippen LogP contribution in [0.4, 0.5) is 5.69 Å². The molecule has 30 heavy (non-hydrogen) atoms. The topological polar surface area (TPSA) is 59.1 Å². The molecule has 0 aliphatic carbocycles. The van der Waals surface area contributed by atoms with Crippen molar-refractivity contribution < 1.29 is 19.1 Å². The number of anilines is 1. The number of carbonyl (C=O) groups excluding carboxylic acids is 2. The van der Waals surface area contributed by atoms with Gasteiger partial charge in [0.25, 0.3) is 0 Å². The van der Waals surface area contributed by atoms with Gasteiger partial charge in [-0.3, -0.25) is 9.59 Å². The zero-order valence-corrected chi connectivity index (χ0v) is 18.1. The minimum absolute atomic E-state index is 0.0311. The number of benzene rings is 1. The second kappa shape index (κ2) is 9.62. The van der Waals surface area contributed by atoms with E-state index >= 15 is 0 Å². The molecule has 2 atom stereocenters. The first-order valence-electron chi connectivity index (χ1n) is 10.6. The van der Waals surface area contributed by atoms with Crippen LogP contribution in [-0.2, 0) is 20.9 Å². The van der Waals surface area contributed by atoms with E-state index in [9.17, 15) is 9.59 Å². The summed E-state index contributed by atoms with van der Waals surface area (Å²) in [5.74, 6) is 0.321. The van der Waals surface area contributed by atoms with Gasteiger partial charge in [0, 0.05) is 31.0 Å². The first-order chi connectivity index (χ1) is 14.7. The summed E-state index contributed by atoms with van der Waals surface area (Å²) in [6.07, 6.45) is 2.33. The van der Waals surface area contributed by atoms with E-state index in [0.717, 1.165) is 30.0 Å². The summed E-state index contributed by atoms with van der Waals surface area (Å²) in [6.45, 7) is 4.73. The fourth-order valence-electron chi connectivity index (χ4n) is 4.18. The first-order valence-corrected chi connectivity index (χ1v) is 11.5. The molecule has 1 aromatic heterocycles. The van der Waals surface area contributed by atoms with Crippen LogP contribution in [0.1, 0.15) is 31.1 Å². The fourth-order valence-corrected chi connectivity index (χ4v) is 4.90. The molecule has 0 N–H and O–H groups in total. The highest BCUT2D eigenvalue weighted by molar-refractivity contribution is 7.09. The Kier molecular flexibility index (Phi) is 6.69. The van der Waals surface area contributed by atoms with E-state index in [1.807, 2.05) is 53.6 Å². The minimum Gasteiger partial charge on any atom is -0.492 e. The van der Waals surface area contributed by atoms with Gasteiger partial charge in [0.2, 0.25) is 11.8 Å². The van der Waals surface area contributed by atoms with E-state index in [-0.39, 0.29) is 30.3 Å². The summed E-state index contributed by atoms with van der Waals surface area (Å²) in [6, 6.07) is 11.6. The van der Waals surface area contributed by atoms with Crippen molar-refractivity contribution in [3.8, 4) is 5.75 Å². The number of hydrogen-bond acceptors (Lipinski definition) is 5. The lowest BCUT2D eigenvalue weighted by Gasteiger charge is -2.27. The molecule has 2 amide bonds. The van der Waals surface area contributed by atoms with Gasteiger partial charge in [0.05, 0.1) is 30.9 Å². The van der Waals surface area contributed by atoms with Crippen LogP contribution in [0.15, 0.2) is 41.8 Å². The molecule has 1 aromatic carbocycles. The highest BCUT2D eigenvalue weighted by Crippen LogP contribution is 2.34. The Balaban J connectivity index is 1.50. The maximum atomic E-state index is 13.5. The largest absolute Gasteiger partial charge is 0.492 e. The Morgan fingerprint density at radius 2 is 2.17 bits per heavy atom. The van der Waals surface area contributed by atoms with Gasteiger partial charge in [-0.1, -0.05) is 18.2 Å². The van der Waals surface area contributed by atoms with Gasteiger partial charge in [-0.05, 0) is 43.3 Å². The average molecular weight is 429 g/mol. The second-order valence-electron chi connectivity index (χ2n) is 7.74. The van der Waals surface area contributed by atoms with Gasteiger partial charge in [-0.25, -0.2) is 0 Å². The van der Waals surface area contributed by atoms with Crippen LogP contribution in [0.5, 0.6) is 5.75 Å². The van der Waals surface area contributed by atoms with Gasteiger partial charge < -0.3 is 19.3 Å². The van der Waals surface area contributed by atoms with Crippen LogP contribution < -0.4 is 9.64 Å². The Labute approximate surface area is 181 Å². The molecule has 160 valence electrons. The Morgan fingerprint density at radius 3 is 2.90 bits per heavy atom. The van der Waals surface area contributed by atoms with Crippen molar-refractivity contribution in [1.29, 1.82) is 0 Å². The predicted octanol–water partition coefficient (Wildman–Crippen LogP) is 3.71. The Bertz CT molecular complexity index is 864. The number of rotatable bonds is 8. The van der Waals surface area contributed by atoms with Crippen LogP contribution in [0, 0.1) is 5.92 Å². The molecule has 0 radical (unpaired) electrons. The number of thiophene rings is 1. The molecule has 2 saturated heterocycles. The average Bonchev–Trinajstić information content (AvgIpc) is 3.51. The lowest BCUT2D eigenvalue weighted by atomic mass is 10.1. The van der Waals surface area contributed by atoms with E-state index in [2.05, 4.69) is 0 Å². The van der Waals surface area contributed by atoms with Crippen molar-refractivity contribution >= 4 is 28.8 Å². The standard InChI is InChI=1S/C23H28N2O4S/c1-2-28-21-10-4-3-9-20(21)25-14-17(13-22(25)26)23(27)24(15-18-7-5-11-29-18)16-19-8-6-12-30-19/h3-4,6,8-10,12,17-18H,2,5,7,11,13-16H2,1H3. The molecule has 2 aliphatic rings. The van der Waals surface area contributed by atoms with E-state index in [4.69, 9.17) is 9.47 Å². The summed E-state index contributed by atoms with van der Waals surface area (Å²) in [5, 5.41) is 2.02. The van der Waals surface area contributed by atoms with Crippen LogP contribution in [0.2, 0.25) is 0 Å². The summed E-state index contributed by atoms with van der Waals surface area (Å²) < 4.78 is 11.5. The third-order valence-electron chi connectivity index (χ3n) is 5.62. The van der Waals surface area contributed by atoms with Crippen molar-refractivity contribution in [3.05, 3.63) is 46.7 Å².